The molecule has 160 valence electrons. The van der Waals surface area contributed by atoms with Gasteiger partial charge in [-0.2, -0.15) is 16.4 Å². The molecule has 0 unspecified atom stereocenters. The van der Waals surface area contributed by atoms with E-state index in [-0.39, 0.29) is 12.2 Å². The molecule has 0 spiro atoms. The lowest BCUT2D eigenvalue weighted by molar-refractivity contribution is 0.0341. The van der Waals surface area contributed by atoms with Crippen LogP contribution in [0.15, 0.2) is 84.0 Å². The van der Waals surface area contributed by atoms with Crippen LogP contribution in [0.4, 0.5) is 4.39 Å². The minimum atomic E-state index is -0.210. The summed E-state index contributed by atoms with van der Waals surface area (Å²) in [6.07, 6.45) is 8.55. The first-order chi connectivity index (χ1) is 15.2. The Bertz CT molecular complexity index is 1050. The predicted molar refractivity (Wildman–Crippen MR) is 125 cm³/mol. The third-order valence-electron chi connectivity index (χ3n) is 5.28. The fourth-order valence-electron chi connectivity index (χ4n) is 3.63. The number of hydrogen-bond acceptors (Lipinski definition) is 4. The second-order valence-electron chi connectivity index (χ2n) is 7.39. The van der Waals surface area contributed by atoms with E-state index in [2.05, 4.69) is 45.5 Å². The van der Waals surface area contributed by atoms with E-state index in [1.54, 1.807) is 29.6 Å². The third kappa shape index (κ3) is 5.47. The quantitative estimate of drug-likeness (QED) is 0.433. The molecular formula is C25H26FN3OS. The first-order valence-electron chi connectivity index (χ1n) is 10.4. The highest BCUT2D eigenvalue weighted by atomic mass is 32.1. The van der Waals surface area contributed by atoms with Crippen LogP contribution in [0.25, 0.3) is 16.8 Å². The van der Waals surface area contributed by atoms with Crippen LogP contribution in [-0.2, 0) is 17.7 Å². The van der Waals surface area contributed by atoms with Crippen LogP contribution in [0, 0.1) is 0 Å². The summed E-state index contributed by atoms with van der Waals surface area (Å²) in [5.41, 5.74) is 5.20. The molecule has 0 atom stereocenters. The van der Waals surface area contributed by atoms with Crippen molar-refractivity contribution in [2.45, 2.75) is 13.0 Å². The maximum atomic E-state index is 14.7. The number of aromatic nitrogens is 2. The molecule has 0 radical (unpaired) electrons. The van der Waals surface area contributed by atoms with Gasteiger partial charge in [-0.1, -0.05) is 36.9 Å². The number of morpholine rings is 1. The second-order valence-corrected chi connectivity index (χ2v) is 8.17. The number of rotatable bonds is 8. The van der Waals surface area contributed by atoms with Gasteiger partial charge in [0.05, 0.1) is 30.8 Å². The van der Waals surface area contributed by atoms with E-state index in [9.17, 15) is 4.39 Å². The van der Waals surface area contributed by atoms with Crippen molar-refractivity contribution in [1.29, 1.82) is 0 Å². The van der Waals surface area contributed by atoms with E-state index in [4.69, 9.17) is 4.74 Å². The van der Waals surface area contributed by atoms with Gasteiger partial charge in [0.1, 0.15) is 5.83 Å². The van der Waals surface area contributed by atoms with Crippen molar-refractivity contribution in [3.63, 3.8) is 0 Å². The number of benzene rings is 1. The van der Waals surface area contributed by atoms with Crippen LogP contribution in [0.5, 0.6) is 0 Å². The van der Waals surface area contributed by atoms with Crippen LogP contribution in [0.1, 0.15) is 11.3 Å². The molecular weight excluding hydrogens is 409 g/mol. The number of nitrogens with zero attached hydrogens (tertiary/aromatic N) is 3. The molecule has 1 aliphatic heterocycles. The van der Waals surface area contributed by atoms with Crippen molar-refractivity contribution in [3.8, 4) is 16.8 Å². The lowest BCUT2D eigenvalue weighted by atomic mass is 10.1. The highest BCUT2D eigenvalue weighted by Crippen LogP contribution is 2.25. The maximum Gasteiger partial charge on any atom is 0.106 e. The van der Waals surface area contributed by atoms with Crippen LogP contribution in [0.3, 0.4) is 0 Å². The van der Waals surface area contributed by atoms with Crippen molar-refractivity contribution >= 4 is 11.3 Å². The first-order valence-corrected chi connectivity index (χ1v) is 11.3. The Hall–Kier alpha value is -2.80. The SMILES string of the molecule is C=C/C=C\C=C(\F)Cc1c(CN2CCOCC2)cnn1-c1ccc(-c2ccsc2)cc1. The average molecular weight is 436 g/mol. The van der Waals surface area contributed by atoms with Gasteiger partial charge in [0.25, 0.3) is 0 Å². The Kier molecular flexibility index (Phi) is 7.25. The van der Waals surface area contributed by atoms with Crippen molar-refractivity contribution in [2.24, 2.45) is 0 Å². The summed E-state index contributed by atoms with van der Waals surface area (Å²) in [6.45, 7) is 7.57. The lowest BCUT2D eigenvalue weighted by Crippen LogP contribution is -2.35. The zero-order valence-corrected chi connectivity index (χ0v) is 18.2. The third-order valence-corrected chi connectivity index (χ3v) is 5.96. The van der Waals surface area contributed by atoms with Gasteiger partial charge < -0.3 is 4.74 Å². The summed E-state index contributed by atoms with van der Waals surface area (Å²) in [5, 5.41) is 8.83. The van der Waals surface area contributed by atoms with Gasteiger partial charge in [-0.25, -0.2) is 9.07 Å². The van der Waals surface area contributed by atoms with E-state index in [0.717, 1.165) is 55.4 Å². The highest BCUT2D eigenvalue weighted by Gasteiger charge is 2.18. The zero-order valence-electron chi connectivity index (χ0n) is 17.4. The molecule has 6 heteroatoms. The van der Waals surface area contributed by atoms with Crippen molar-refractivity contribution < 1.29 is 9.13 Å². The number of ether oxygens (including phenoxy) is 1. The van der Waals surface area contributed by atoms with Gasteiger partial charge in [0.2, 0.25) is 0 Å². The maximum absolute atomic E-state index is 14.7. The van der Waals surface area contributed by atoms with Crippen molar-refractivity contribution in [3.05, 3.63) is 95.3 Å². The lowest BCUT2D eigenvalue weighted by Gasteiger charge is -2.26. The van der Waals surface area contributed by atoms with Gasteiger partial charge in [-0.15, -0.1) is 0 Å². The Morgan fingerprint density at radius 2 is 1.94 bits per heavy atom. The minimum absolute atomic E-state index is 0.188. The van der Waals surface area contributed by atoms with Crippen LogP contribution in [0.2, 0.25) is 0 Å². The van der Waals surface area contributed by atoms with Crippen LogP contribution < -0.4 is 0 Å². The molecule has 0 aliphatic carbocycles. The van der Waals surface area contributed by atoms with Crippen molar-refractivity contribution in [2.75, 3.05) is 26.3 Å². The van der Waals surface area contributed by atoms with E-state index >= 15 is 0 Å². The molecule has 1 aromatic carbocycles. The molecule has 3 aromatic rings. The molecule has 4 nitrogen and oxygen atoms in total. The Morgan fingerprint density at radius 3 is 2.65 bits per heavy atom. The second kappa shape index (κ2) is 10.5. The predicted octanol–water partition coefficient (Wildman–Crippen LogP) is 5.57. The number of hydrogen-bond donors (Lipinski definition) is 0. The molecule has 0 amide bonds. The number of halogens is 1. The zero-order chi connectivity index (χ0) is 21.5. The molecule has 2 aromatic heterocycles. The summed E-state index contributed by atoms with van der Waals surface area (Å²) in [4.78, 5) is 2.33. The van der Waals surface area contributed by atoms with Gasteiger partial charge in [-0.3, -0.25) is 4.90 Å². The van der Waals surface area contributed by atoms with Gasteiger partial charge in [-0.05, 0) is 46.2 Å². The van der Waals surface area contributed by atoms with E-state index in [1.165, 1.54) is 11.6 Å². The molecule has 31 heavy (non-hydrogen) atoms. The Labute approximate surface area is 186 Å². The van der Waals surface area contributed by atoms with Gasteiger partial charge in [0, 0.05) is 31.6 Å². The van der Waals surface area contributed by atoms with Crippen LogP contribution >= 0.6 is 11.3 Å². The number of thiophene rings is 1. The normalized spacial score (nSPS) is 15.6. The monoisotopic (exact) mass is 435 g/mol. The van der Waals surface area contributed by atoms with E-state index < -0.39 is 0 Å². The minimum Gasteiger partial charge on any atom is -0.379 e. The van der Waals surface area contributed by atoms with E-state index in [0.29, 0.717) is 0 Å². The smallest absolute Gasteiger partial charge is 0.106 e. The fraction of sp³-hybridized carbons (Fsp3) is 0.240. The summed E-state index contributed by atoms with van der Waals surface area (Å²) in [6, 6.07) is 10.4. The molecule has 1 aliphatic rings. The van der Waals surface area contributed by atoms with Gasteiger partial charge in [0.15, 0.2) is 0 Å². The summed E-state index contributed by atoms with van der Waals surface area (Å²) in [7, 11) is 0. The summed E-state index contributed by atoms with van der Waals surface area (Å²) in [5.74, 6) is -0.210. The van der Waals surface area contributed by atoms with Crippen LogP contribution in [-0.4, -0.2) is 41.0 Å². The standard InChI is InChI=1S/C25H26FN3OS/c1-2-3-4-5-23(26)16-25-22(18-28-11-13-30-14-12-28)17-27-29(25)24-8-6-20(7-9-24)21-10-15-31-19-21/h2-10,15,17,19H,1,11-14,16,18H2/b4-3-,23-5+. The molecule has 0 bridgehead atoms. The largest absolute Gasteiger partial charge is 0.379 e. The fourth-order valence-corrected chi connectivity index (χ4v) is 4.30. The summed E-state index contributed by atoms with van der Waals surface area (Å²) >= 11 is 1.68. The number of allylic oxidation sites excluding steroid dienone is 5. The Balaban J connectivity index is 1.63. The first kappa shape index (κ1) is 21.4. The molecule has 4 rings (SSSR count). The molecule has 1 fully saturated rings. The van der Waals surface area contributed by atoms with E-state index in [1.807, 2.05) is 23.0 Å². The summed E-state index contributed by atoms with van der Waals surface area (Å²) < 4.78 is 22.0. The average Bonchev–Trinajstić information content (AvgIpc) is 3.46. The molecule has 1 saturated heterocycles. The topological polar surface area (TPSA) is 30.3 Å². The molecule has 0 saturated carbocycles. The molecule has 3 heterocycles. The van der Waals surface area contributed by atoms with Gasteiger partial charge >= 0.3 is 0 Å². The molecule has 0 N–H and O–H groups in total. The Morgan fingerprint density at radius 1 is 1.13 bits per heavy atom. The van der Waals surface area contributed by atoms with Crippen molar-refractivity contribution in [1.82, 2.24) is 14.7 Å². The highest BCUT2D eigenvalue weighted by molar-refractivity contribution is 7.08.